The molecule has 1 saturated carbocycles. The van der Waals surface area contributed by atoms with Crippen LogP contribution >= 0.6 is 11.6 Å². The smallest absolute Gasteiger partial charge is 0.165 e. The van der Waals surface area contributed by atoms with Gasteiger partial charge in [-0.1, -0.05) is 17.7 Å². The van der Waals surface area contributed by atoms with Crippen LogP contribution in [0.1, 0.15) is 6.42 Å². The molecule has 0 spiro atoms. The Morgan fingerprint density at radius 2 is 2.00 bits per heavy atom. The van der Waals surface area contributed by atoms with Crippen LogP contribution in [0.25, 0.3) is 0 Å². The number of piperidine rings is 1. The van der Waals surface area contributed by atoms with Crippen molar-refractivity contribution in [3.63, 3.8) is 0 Å². The number of rotatable bonds is 1. The normalized spacial score (nSPS) is 29.1. The van der Waals surface area contributed by atoms with E-state index in [0.717, 1.165) is 24.9 Å². The Balaban J connectivity index is 1.92. The third kappa shape index (κ3) is 1.21. The molecule has 14 heavy (non-hydrogen) atoms. The van der Waals surface area contributed by atoms with Gasteiger partial charge >= 0.3 is 0 Å². The third-order valence-electron chi connectivity index (χ3n) is 3.25. The second-order valence-electron chi connectivity index (χ2n) is 4.23. The molecule has 2 aliphatic rings. The lowest BCUT2D eigenvalue weighted by atomic mass is 10.2. The van der Waals surface area contributed by atoms with Crippen molar-refractivity contribution in [3.05, 3.63) is 29.0 Å². The molecule has 3 rings (SSSR count). The van der Waals surface area contributed by atoms with Crippen molar-refractivity contribution < 1.29 is 4.39 Å². The van der Waals surface area contributed by atoms with Crippen LogP contribution in [0.15, 0.2) is 18.2 Å². The highest BCUT2D eigenvalue weighted by Crippen LogP contribution is 2.46. The molecule has 0 unspecified atom stereocenters. The molecule has 0 amide bonds. The lowest BCUT2D eigenvalue weighted by molar-refractivity contribution is 0.619. The summed E-state index contributed by atoms with van der Waals surface area (Å²) in [6.45, 7) is 2.00. The first-order chi connectivity index (χ1) is 6.75. The van der Waals surface area contributed by atoms with Gasteiger partial charge in [-0.2, -0.15) is 0 Å². The lowest BCUT2D eigenvalue weighted by Crippen LogP contribution is -2.22. The highest BCUT2D eigenvalue weighted by Gasteiger charge is 2.45. The van der Waals surface area contributed by atoms with Gasteiger partial charge in [0, 0.05) is 13.1 Å². The molecule has 1 aromatic carbocycles. The van der Waals surface area contributed by atoms with Crippen LogP contribution in [0.4, 0.5) is 10.1 Å². The molecule has 1 nitrogen and oxygen atoms in total. The zero-order chi connectivity index (χ0) is 9.71. The van der Waals surface area contributed by atoms with E-state index in [4.69, 9.17) is 11.6 Å². The van der Waals surface area contributed by atoms with Crippen molar-refractivity contribution >= 4 is 17.3 Å². The zero-order valence-electron chi connectivity index (χ0n) is 7.71. The van der Waals surface area contributed by atoms with Gasteiger partial charge in [-0.25, -0.2) is 4.39 Å². The Morgan fingerprint density at radius 3 is 2.71 bits per heavy atom. The topological polar surface area (TPSA) is 3.24 Å². The first-order valence-electron chi connectivity index (χ1n) is 4.94. The first-order valence-corrected chi connectivity index (χ1v) is 5.32. The molecule has 1 aromatic rings. The Hall–Kier alpha value is -0.760. The monoisotopic (exact) mass is 211 g/mol. The number of halogens is 2. The Bertz CT molecular complexity index is 370. The summed E-state index contributed by atoms with van der Waals surface area (Å²) in [6, 6.07) is 5.22. The number of benzene rings is 1. The largest absolute Gasteiger partial charge is 0.369 e. The minimum Gasteiger partial charge on any atom is -0.369 e. The SMILES string of the molecule is Fc1c(Cl)cccc1N1C[C@H]2C[C@H]2C1. The third-order valence-corrected chi connectivity index (χ3v) is 3.54. The summed E-state index contributed by atoms with van der Waals surface area (Å²) in [6.07, 6.45) is 1.33. The summed E-state index contributed by atoms with van der Waals surface area (Å²) >= 11 is 5.74. The van der Waals surface area contributed by atoms with Crippen LogP contribution in [0.2, 0.25) is 5.02 Å². The highest BCUT2D eigenvalue weighted by atomic mass is 35.5. The van der Waals surface area contributed by atoms with Gasteiger partial charge in [0.05, 0.1) is 10.7 Å². The van der Waals surface area contributed by atoms with Crippen LogP contribution in [0.5, 0.6) is 0 Å². The second kappa shape index (κ2) is 2.86. The molecule has 3 heteroatoms. The van der Waals surface area contributed by atoms with Gasteiger partial charge < -0.3 is 4.90 Å². The summed E-state index contributed by atoms with van der Waals surface area (Å²) < 4.78 is 13.6. The molecule has 2 fully saturated rings. The van der Waals surface area contributed by atoms with Crippen molar-refractivity contribution in [1.82, 2.24) is 0 Å². The van der Waals surface area contributed by atoms with Gasteiger partial charge in [0.15, 0.2) is 5.82 Å². The molecule has 1 heterocycles. The van der Waals surface area contributed by atoms with Gasteiger partial charge in [-0.15, -0.1) is 0 Å². The summed E-state index contributed by atoms with van der Waals surface area (Å²) in [4.78, 5) is 2.11. The summed E-state index contributed by atoms with van der Waals surface area (Å²) in [5, 5.41) is 0.225. The second-order valence-corrected chi connectivity index (χ2v) is 4.64. The molecule has 2 atom stereocenters. The van der Waals surface area contributed by atoms with Gasteiger partial charge in [0.2, 0.25) is 0 Å². The van der Waals surface area contributed by atoms with Crippen molar-refractivity contribution in [2.75, 3.05) is 18.0 Å². The fourth-order valence-corrected chi connectivity index (χ4v) is 2.50. The van der Waals surface area contributed by atoms with E-state index in [1.54, 1.807) is 6.07 Å². The predicted octanol–water partition coefficient (Wildman–Crippen LogP) is 2.94. The maximum Gasteiger partial charge on any atom is 0.165 e. The van der Waals surface area contributed by atoms with Gasteiger partial charge in [0.1, 0.15) is 0 Å². The number of anilines is 1. The van der Waals surface area contributed by atoms with E-state index in [0.29, 0.717) is 5.69 Å². The van der Waals surface area contributed by atoms with Crippen LogP contribution in [0.3, 0.4) is 0 Å². The molecule has 0 bridgehead atoms. The van der Waals surface area contributed by atoms with Gasteiger partial charge in [0.25, 0.3) is 0 Å². The fourth-order valence-electron chi connectivity index (χ4n) is 2.33. The highest BCUT2D eigenvalue weighted by molar-refractivity contribution is 6.31. The fraction of sp³-hybridized carbons (Fsp3) is 0.455. The van der Waals surface area contributed by atoms with E-state index in [1.165, 1.54) is 6.42 Å². The standard InChI is InChI=1S/C11H11ClFN/c12-9-2-1-3-10(11(9)13)14-5-7-4-8(7)6-14/h1-3,7-8H,4-6H2/t7-,8+. The van der Waals surface area contributed by atoms with Crippen LogP contribution in [-0.4, -0.2) is 13.1 Å². The van der Waals surface area contributed by atoms with Crippen molar-refractivity contribution in [3.8, 4) is 0 Å². The maximum absolute atomic E-state index is 13.6. The van der Waals surface area contributed by atoms with E-state index in [1.807, 2.05) is 12.1 Å². The zero-order valence-corrected chi connectivity index (χ0v) is 8.47. The summed E-state index contributed by atoms with van der Waals surface area (Å²) in [7, 11) is 0. The van der Waals surface area contributed by atoms with Crippen molar-refractivity contribution in [2.45, 2.75) is 6.42 Å². The van der Waals surface area contributed by atoms with E-state index >= 15 is 0 Å². The summed E-state index contributed by atoms with van der Waals surface area (Å²) in [5.74, 6) is 1.36. The quantitative estimate of drug-likeness (QED) is 0.691. The molecule has 74 valence electrons. The molecule has 0 radical (unpaired) electrons. The van der Waals surface area contributed by atoms with E-state index in [-0.39, 0.29) is 10.8 Å². The predicted molar refractivity (Wildman–Crippen MR) is 55.2 cm³/mol. The van der Waals surface area contributed by atoms with Crippen LogP contribution in [-0.2, 0) is 0 Å². The molecule has 0 N–H and O–H groups in total. The number of hydrogen-bond donors (Lipinski definition) is 0. The van der Waals surface area contributed by atoms with Crippen LogP contribution < -0.4 is 4.90 Å². The Kier molecular flexibility index (Phi) is 1.75. The van der Waals surface area contributed by atoms with E-state index in [9.17, 15) is 4.39 Å². The molecule has 1 aliphatic carbocycles. The number of hydrogen-bond acceptors (Lipinski definition) is 1. The van der Waals surface area contributed by atoms with Gasteiger partial charge in [-0.05, 0) is 30.4 Å². The Morgan fingerprint density at radius 1 is 1.29 bits per heavy atom. The Labute approximate surface area is 87.5 Å². The van der Waals surface area contributed by atoms with E-state index < -0.39 is 0 Å². The number of nitrogens with zero attached hydrogens (tertiary/aromatic N) is 1. The molecular formula is C11H11ClFN. The number of fused-ring (bicyclic) bond motifs is 1. The summed E-state index contributed by atoms with van der Waals surface area (Å²) in [5.41, 5.74) is 0.671. The first kappa shape index (κ1) is 8.54. The minimum absolute atomic E-state index is 0.225. The van der Waals surface area contributed by atoms with E-state index in [2.05, 4.69) is 4.90 Å². The molecular weight excluding hydrogens is 201 g/mol. The van der Waals surface area contributed by atoms with Crippen LogP contribution in [0, 0.1) is 17.7 Å². The molecule has 1 aliphatic heterocycles. The van der Waals surface area contributed by atoms with Crippen molar-refractivity contribution in [1.29, 1.82) is 0 Å². The lowest BCUT2D eigenvalue weighted by Gasteiger charge is -2.20. The van der Waals surface area contributed by atoms with Gasteiger partial charge in [-0.3, -0.25) is 0 Å². The average Bonchev–Trinajstić information content (AvgIpc) is 2.78. The minimum atomic E-state index is -0.268. The molecule has 1 saturated heterocycles. The molecule has 0 aromatic heterocycles. The average molecular weight is 212 g/mol. The maximum atomic E-state index is 13.6. The van der Waals surface area contributed by atoms with Crippen molar-refractivity contribution in [2.24, 2.45) is 11.8 Å².